The molecule has 82 valence electrons. The lowest BCUT2D eigenvalue weighted by Crippen LogP contribution is -1.95. The van der Waals surface area contributed by atoms with Gasteiger partial charge in [0.05, 0.1) is 6.10 Å². The number of nitrogens with zero attached hydrogens (tertiary/aromatic N) is 1. The minimum absolute atomic E-state index is 0.323. The molecule has 0 bridgehead atoms. The van der Waals surface area contributed by atoms with Crippen LogP contribution in [0.3, 0.4) is 0 Å². The van der Waals surface area contributed by atoms with Gasteiger partial charge in [-0.25, -0.2) is 0 Å². The average molecular weight is 216 g/mol. The molecule has 1 saturated carbocycles. The molecule has 0 spiro atoms. The lowest BCUT2D eigenvalue weighted by atomic mass is 10.1. The molecule has 0 radical (unpaired) electrons. The van der Waals surface area contributed by atoms with Gasteiger partial charge in [-0.15, -0.1) is 0 Å². The van der Waals surface area contributed by atoms with Crippen molar-refractivity contribution in [1.29, 1.82) is 0 Å². The third-order valence-corrected chi connectivity index (χ3v) is 2.49. The van der Waals surface area contributed by atoms with Crippen molar-refractivity contribution in [2.75, 3.05) is 5.73 Å². The van der Waals surface area contributed by atoms with Gasteiger partial charge in [-0.05, 0) is 25.0 Å². The van der Waals surface area contributed by atoms with Gasteiger partial charge in [-0.2, -0.15) is 0 Å². The summed E-state index contributed by atoms with van der Waals surface area (Å²) in [5.41, 5.74) is 7.18. The predicted molar refractivity (Wildman–Crippen MR) is 60.0 cm³/mol. The molecular weight excluding hydrogens is 204 g/mol. The largest absolute Gasteiger partial charge is 0.490 e. The molecule has 1 heterocycles. The lowest BCUT2D eigenvalue weighted by Gasteiger charge is -2.04. The SMILES string of the molecule is Nc1cc(-c2cccc(OC3CC3)c2)no1. The zero-order valence-corrected chi connectivity index (χ0v) is 8.72. The van der Waals surface area contributed by atoms with E-state index in [2.05, 4.69) is 5.16 Å². The molecule has 1 aromatic carbocycles. The Bertz CT molecular complexity index is 503. The van der Waals surface area contributed by atoms with Gasteiger partial charge in [0.15, 0.2) is 0 Å². The van der Waals surface area contributed by atoms with E-state index in [9.17, 15) is 0 Å². The first kappa shape index (κ1) is 9.27. The molecule has 16 heavy (non-hydrogen) atoms. The monoisotopic (exact) mass is 216 g/mol. The fourth-order valence-corrected chi connectivity index (χ4v) is 1.53. The highest BCUT2D eigenvalue weighted by atomic mass is 16.5. The highest BCUT2D eigenvalue weighted by Gasteiger charge is 2.23. The van der Waals surface area contributed by atoms with E-state index in [0.29, 0.717) is 12.0 Å². The van der Waals surface area contributed by atoms with Crippen molar-refractivity contribution in [3.8, 4) is 17.0 Å². The van der Waals surface area contributed by atoms with Crippen LogP contribution in [-0.4, -0.2) is 11.3 Å². The van der Waals surface area contributed by atoms with Crippen LogP contribution in [0.5, 0.6) is 5.75 Å². The summed E-state index contributed by atoms with van der Waals surface area (Å²) in [7, 11) is 0. The minimum atomic E-state index is 0.323. The molecule has 3 rings (SSSR count). The molecule has 1 aliphatic carbocycles. The molecule has 2 N–H and O–H groups in total. The highest BCUT2D eigenvalue weighted by molar-refractivity contribution is 5.62. The molecule has 0 amide bonds. The van der Waals surface area contributed by atoms with Crippen LogP contribution in [0.15, 0.2) is 34.9 Å². The van der Waals surface area contributed by atoms with Gasteiger partial charge < -0.3 is 15.0 Å². The second-order valence-electron chi connectivity index (χ2n) is 3.96. The first-order chi connectivity index (χ1) is 7.81. The van der Waals surface area contributed by atoms with E-state index < -0.39 is 0 Å². The van der Waals surface area contributed by atoms with Crippen LogP contribution in [-0.2, 0) is 0 Å². The Morgan fingerprint density at radius 2 is 2.19 bits per heavy atom. The summed E-state index contributed by atoms with van der Waals surface area (Å²) in [4.78, 5) is 0. The maximum absolute atomic E-state index is 5.70. The molecule has 1 aliphatic rings. The smallest absolute Gasteiger partial charge is 0.222 e. The molecule has 2 aromatic rings. The first-order valence-corrected chi connectivity index (χ1v) is 5.30. The summed E-state index contributed by atoms with van der Waals surface area (Å²) < 4.78 is 10.5. The second kappa shape index (κ2) is 3.56. The third-order valence-electron chi connectivity index (χ3n) is 2.49. The van der Waals surface area contributed by atoms with Crippen LogP contribution in [0, 0.1) is 0 Å². The number of aromatic nitrogens is 1. The summed E-state index contributed by atoms with van der Waals surface area (Å²) in [5.74, 6) is 1.20. The predicted octanol–water partition coefficient (Wildman–Crippen LogP) is 2.47. The van der Waals surface area contributed by atoms with E-state index in [1.54, 1.807) is 6.07 Å². The minimum Gasteiger partial charge on any atom is -0.490 e. The van der Waals surface area contributed by atoms with E-state index in [4.69, 9.17) is 15.0 Å². The van der Waals surface area contributed by atoms with Gasteiger partial charge in [0.1, 0.15) is 11.4 Å². The van der Waals surface area contributed by atoms with Gasteiger partial charge >= 0.3 is 0 Å². The van der Waals surface area contributed by atoms with Crippen molar-refractivity contribution in [2.45, 2.75) is 18.9 Å². The number of benzene rings is 1. The maximum Gasteiger partial charge on any atom is 0.222 e. The number of nitrogen functional groups attached to an aromatic ring is 1. The topological polar surface area (TPSA) is 61.3 Å². The summed E-state index contributed by atoms with van der Waals surface area (Å²) in [6.45, 7) is 0. The van der Waals surface area contributed by atoms with Gasteiger partial charge in [-0.3, -0.25) is 0 Å². The van der Waals surface area contributed by atoms with E-state index in [-0.39, 0.29) is 0 Å². The molecule has 0 saturated heterocycles. The van der Waals surface area contributed by atoms with Gasteiger partial charge in [-0.1, -0.05) is 17.3 Å². The maximum atomic E-state index is 5.70. The Hall–Kier alpha value is -1.97. The number of ether oxygens (including phenoxy) is 1. The third kappa shape index (κ3) is 1.86. The normalized spacial score (nSPS) is 15.0. The molecule has 4 heteroatoms. The van der Waals surface area contributed by atoms with Crippen molar-refractivity contribution < 1.29 is 9.26 Å². The fourth-order valence-electron chi connectivity index (χ4n) is 1.53. The number of hydrogen-bond donors (Lipinski definition) is 1. The Labute approximate surface area is 93.0 Å². The first-order valence-electron chi connectivity index (χ1n) is 5.30. The standard InChI is InChI=1S/C12H12N2O2/c13-12-7-11(14-16-12)8-2-1-3-10(6-8)15-9-4-5-9/h1-3,6-7,9H,4-5,13H2. The number of nitrogens with two attached hydrogens (primary N) is 1. The average Bonchev–Trinajstić information content (AvgIpc) is 2.98. The van der Waals surface area contributed by atoms with Crippen LogP contribution >= 0.6 is 0 Å². The molecule has 0 atom stereocenters. The van der Waals surface area contributed by atoms with Gasteiger partial charge in [0, 0.05) is 11.6 Å². The van der Waals surface area contributed by atoms with Crippen molar-refractivity contribution in [3.05, 3.63) is 30.3 Å². The molecule has 0 aliphatic heterocycles. The summed E-state index contributed by atoms with van der Waals surface area (Å²) >= 11 is 0. The molecule has 0 unspecified atom stereocenters. The van der Waals surface area contributed by atoms with Crippen LogP contribution < -0.4 is 10.5 Å². The van der Waals surface area contributed by atoms with Crippen molar-refractivity contribution >= 4 is 5.88 Å². The van der Waals surface area contributed by atoms with Crippen molar-refractivity contribution in [3.63, 3.8) is 0 Å². The van der Waals surface area contributed by atoms with Crippen LogP contribution in [0.4, 0.5) is 5.88 Å². The second-order valence-corrected chi connectivity index (χ2v) is 3.96. The molecule has 1 fully saturated rings. The van der Waals surface area contributed by atoms with E-state index in [0.717, 1.165) is 29.8 Å². The molecule has 1 aromatic heterocycles. The summed E-state index contributed by atoms with van der Waals surface area (Å²) in [6.07, 6.45) is 2.71. The quantitative estimate of drug-likeness (QED) is 0.856. The fraction of sp³-hybridized carbons (Fsp3) is 0.250. The van der Waals surface area contributed by atoms with Crippen molar-refractivity contribution in [2.24, 2.45) is 0 Å². The Morgan fingerprint density at radius 3 is 2.88 bits per heavy atom. The van der Waals surface area contributed by atoms with Gasteiger partial charge in [0.25, 0.3) is 0 Å². The Kier molecular flexibility index (Phi) is 2.06. The summed E-state index contributed by atoms with van der Waals surface area (Å²) in [5, 5.41) is 3.87. The molecular formula is C12H12N2O2. The van der Waals surface area contributed by atoms with Crippen LogP contribution in [0.25, 0.3) is 11.3 Å². The van der Waals surface area contributed by atoms with E-state index in [1.807, 2.05) is 24.3 Å². The van der Waals surface area contributed by atoms with Crippen LogP contribution in [0.1, 0.15) is 12.8 Å². The van der Waals surface area contributed by atoms with E-state index in [1.165, 1.54) is 0 Å². The summed E-state index contributed by atoms with van der Waals surface area (Å²) in [6, 6.07) is 9.51. The highest BCUT2D eigenvalue weighted by Crippen LogP contribution is 2.29. The van der Waals surface area contributed by atoms with Crippen LogP contribution in [0.2, 0.25) is 0 Å². The molecule has 4 nitrogen and oxygen atoms in total. The van der Waals surface area contributed by atoms with E-state index >= 15 is 0 Å². The number of rotatable bonds is 3. The van der Waals surface area contributed by atoms with Crippen molar-refractivity contribution in [1.82, 2.24) is 5.16 Å². The zero-order valence-electron chi connectivity index (χ0n) is 8.72. The Balaban J connectivity index is 1.88. The van der Waals surface area contributed by atoms with Gasteiger partial charge in [0.2, 0.25) is 5.88 Å². The number of hydrogen-bond acceptors (Lipinski definition) is 4. The Morgan fingerprint density at radius 1 is 1.31 bits per heavy atom. The lowest BCUT2D eigenvalue weighted by molar-refractivity contribution is 0.303. The zero-order chi connectivity index (χ0) is 11.0. The number of anilines is 1.